The Morgan fingerprint density at radius 2 is 1.90 bits per heavy atom. The Morgan fingerprint density at radius 3 is 2.43 bits per heavy atom. The Hall–Kier alpha value is -1.90. The number of hydrogen-bond acceptors (Lipinski definition) is 3. The molecule has 1 heterocycles. The number of carboxylic acids is 1. The van der Waals surface area contributed by atoms with Gasteiger partial charge in [-0.1, -0.05) is 0 Å². The average molecular weight is 320 g/mol. The Balaban J connectivity index is 2.23. The first-order valence-corrected chi connectivity index (χ1v) is 6.94. The highest BCUT2D eigenvalue weighted by atomic mass is 32.2. The third kappa shape index (κ3) is 3.07. The minimum atomic E-state index is -1.27. The second-order valence-electron chi connectivity index (χ2n) is 4.37. The van der Waals surface area contributed by atoms with Crippen molar-refractivity contribution in [3.8, 4) is 0 Å². The van der Waals surface area contributed by atoms with Crippen LogP contribution in [0.25, 0.3) is 0 Å². The van der Waals surface area contributed by atoms with Crippen molar-refractivity contribution in [1.29, 1.82) is 0 Å². The molecule has 2 N–H and O–H groups in total. The molecule has 1 fully saturated rings. The summed E-state index contributed by atoms with van der Waals surface area (Å²) in [5, 5.41) is 10.5. The van der Waals surface area contributed by atoms with Gasteiger partial charge in [0, 0.05) is 17.9 Å². The van der Waals surface area contributed by atoms with Crippen molar-refractivity contribution >= 4 is 29.4 Å². The predicted octanol–water partition coefficient (Wildman–Crippen LogP) is 2.48. The summed E-state index contributed by atoms with van der Waals surface area (Å²) in [5.41, 5.74) is -0.811. The molecule has 1 aliphatic heterocycles. The van der Waals surface area contributed by atoms with E-state index in [0.717, 1.165) is 4.90 Å². The number of thioether (sulfide) groups is 1. The molecule has 9 heteroatoms. The molecule has 0 bridgehead atoms. The molecule has 1 saturated heterocycles. The Kier molecular flexibility index (Phi) is 4.31. The van der Waals surface area contributed by atoms with Crippen LogP contribution in [0.2, 0.25) is 0 Å². The summed E-state index contributed by atoms with van der Waals surface area (Å²) >= 11 is 1.23. The van der Waals surface area contributed by atoms with Gasteiger partial charge in [0.15, 0.2) is 11.6 Å². The number of urea groups is 1. The van der Waals surface area contributed by atoms with Gasteiger partial charge in [-0.05, 0) is 6.92 Å². The van der Waals surface area contributed by atoms with Crippen LogP contribution in [0.4, 0.5) is 23.7 Å². The van der Waals surface area contributed by atoms with Gasteiger partial charge in [-0.2, -0.15) is 0 Å². The summed E-state index contributed by atoms with van der Waals surface area (Å²) in [4.78, 5) is 24.1. The highest BCUT2D eigenvalue weighted by Crippen LogP contribution is 2.30. The van der Waals surface area contributed by atoms with E-state index in [0.29, 0.717) is 12.1 Å². The van der Waals surface area contributed by atoms with E-state index in [2.05, 4.69) is 0 Å². The number of nitrogens with one attached hydrogen (secondary N) is 1. The van der Waals surface area contributed by atoms with Crippen molar-refractivity contribution in [2.24, 2.45) is 0 Å². The molecule has 2 unspecified atom stereocenters. The maximum absolute atomic E-state index is 13.5. The summed E-state index contributed by atoms with van der Waals surface area (Å²) in [6, 6.07) is -1.19. The van der Waals surface area contributed by atoms with Crippen molar-refractivity contribution < 1.29 is 27.9 Å². The first-order valence-electron chi connectivity index (χ1n) is 5.89. The molecular weight excluding hydrogens is 309 g/mol. The van der Waals surface area contributed by atoms with Crippen molar-refractivity contribution in [1.82, 2.24) is 4.90 Å². The summed E-state index contributed by atoms with van der Waals surface area (Å²) in [7, 11) is 0. The van der Waals surface area contributed by atoms with Crippen molar-refractivity contribution in [2.45, 2.75) is 18.3 Å². The monoisotopic (exact) mass is 320 g/mol. The molecule has 0 aliphatic carbocycles. The fraction of sp³-hybridized carbons (Fsp3) is 0.333. The minimum absolute atomic E-state index is 0.179. The molecule has 0 radical (unpaired) electrons. The summed E-state index contributed by atoms with van der Waals surface area (Å²) in [6.45, 7) is 1.60. The zero-order chi connectivity index (χ0) is 15.7. The smallest absolute Gasteiger partial charge is 0.327 e. The number of carbonyl (C=O) groups is 2. The van der Waals surface area contributed by atoms with E-state index in [1.165, 1.54) is 11.8 Å². The number of carboxylic acid groups (broad SMARTS) is 1. The Labute approximate surface area is 122 Å². The van der Waals surface area contributed by atoms with E-state index < -0.39 is 46.6 Å². The van der Waals surface area contributed by atoms with Crippen molar-refractivity contribution in [3.05, 3.63) is 29.6 Å². The SMILES string of the molecule is CC1SCC(C(=O)O)N1C(=O)Nc1c(F)cc(F)cc1F. The minimum Gasteiger partial charge on any atom is -0.480 e. The van der Waals surface area contributed by atoms with E-state index in [1.807, 2.05) is 5.32 Å². The Bertz CT molecular complexity index is 576. The summed E-state index contributed by atoms with van der Waals surface area (Å²) in [5.74, 6) is -4.68. The maximum Gasteiger partial charge on any atom is 0.327 e. The highest BCUT2D eigenvalue weighted by Gasteiger charge is 2.40. The zero-order valence-electron chi connectivity index (χ0n) is 10.8. The molecule has 1 aromatic carbocycles. The maximum atomic E-state index is 13.5. The van der Waals surface area contributed by atoms with Gasteiger partial charge in [-0.25, -0.2) is 22.8 Å². The third-order valence-electron chi connectivity index (χ3n) is 2.98. The molecule has 5 nitrogen and oxygen atoms in total. The van der Waals surface area contributed by atoms with Gasteiger partial charge in [0.25, 0.3) is 0 Å². The lowest BCUT2D eigenvalue weighted by Gasteiger charge is -2.25. The number of hydrogen-bond donors (Lipinski definition) is 2. The van der Waals surface area contributed by atoms with Crippen LogP contribution in [0.5, 0.6) is 0 Å². The normalized spacial score (nSPS) is 21.4. The quantitative estimate of drug-likeness (QED) is 0.878. The lowest BCUT2D eigenvalue weighted by Crippen LogP contribution is -2.47. The predicted molar refractivity (Wildman–Crippen MR) is 70.5 cm³/mol. The molecular formula is C12H11F3N2O3S. The van der Waals surface area contributed by atoms with Crippen molar-refractivity contribution in [3.63, 3.8) is 0 Å². The average Bonchev–Trinajstić information content (AvgIpc) is 2.75. The Morgan fingerprint density at radius 1 is 1.33 bits per heavy atom. The number of anilines is 1. The van der Waals surface area contributed by atoms with Crippen LogP contribution in [-0.2, 0) is 4.79 Å². The fourth-order valence-electron chi connectivity index (χ4n) is 1.97. The molecule has 21 heavy (non-hydrogen) atoms. The number of carbonyl (C=O) groups excluding carboxylic acids is 1. The summed E-state index contributed by atoms with van der Waals surface area (Å²) < 4.78 is 39.7. The zero-order valence-corrected chi connectivity index (χ0v) is 11.6. The van der Waals surface area contributed by atoms with E-state index in [4.69, 9.17) is 5.11 Å². The van der Waals surface area contributed by atoms with Gasteiger partial charge < -0.3 is 10.4 Å². The second kappa shape index (κ2) is 5.84. The van der Waals surface area contributed by atoms with Crippen LogP contribution in [0.1, 0.15) is 6.92 Å². The highest BCUT2D eigenvalue weighted by molar-refractivity contribution is 8.00. The standard InChI is InChI=1S/C12H11F3N2O3S/c1-5-17(9(4-21-5)11(18)19)12(20)16-10-7(14)2-6(13)3-8(10)15/h2-3,5,9H,4H2,1H3,(H,16,20)(H,18,19). The van der Waals surface area contributed by atoms with E-state index in [1.54, 1.807) is 6.92 Å². The molecule has 1 aliphatic rings. The number of halogens is 3. The molecule has 1 aromatic rings. The van der Waals surface area contributed by atoms with Crippen LogP contribution < -0.4 is 5.32 Å². The number of benzene rings is 1. The van der Waals surface area contributed by atoms with Crippen LogP contribution in [-0.4, -0.2) is 39.2 Å². The lowest BCUT2D eigenvalue weighted by atomic mass is 10.2. The van der Waals surface area contributed by atoms with Crippen molar-refractivity contribution in [2.75, 3.05) is 11.1 Å². The number of aliphatic carboxylic acids is 1. The summed E-state index contributed by atoms with van der Waals surface area (Å²) in [6.07, 6.45) is 0. The van der Waals surface area contributed by atoms with E-state index >= 15 is 0 Å². The van der Waals surface area contributed by atoms with E-state index in [-0.39, 0.29) is 5.75 Å². The van der Waals surface area contributed by atoms with Gasteiger partial charge in [-0.15, -0.1) is 11.8 Å². The molecule has 2 rings (SSSR count). The molecule has 0 aromatic heterocycles. The van der Waals surface area contributed by atoms with Crippen LogP contribution in [0.3, 0.4) is 0 Å². The lowest BCUT2D eigenvalue weighted by molar-refractivity contribution is -0.141. The van der Waals surface area contributed by atoms with Gasteiger partial charge in [0.2, 0.25) is 0 Å². The topological polar surface area (TPSA) is 69.6 Å². The van der Waals surface area contributed by atoms with E-state index in [9.17, 15) is 22.8 Å². The molecule has 0 spiro atoms. The number of amides is 2. The molecule has 2 amide bonds. The van der Waals surface area contributed by atoms with Gasteiger partial charge in [0.1, 0.15) is 17.5 Å². The number of rotatable bonds is 2. The van der Waals surface area contributed by atoms with Crippen LogP contribution in [0, 0.1) is 17.5 Å². The molecule has 2 atom stereocenters. The van der Waals surface area contributed by atoms with Gasteiger partial charge >= 0.3 is 12.0 Å². The number of nitrogens with zero attached hydrogens (tertiary/aromatic N) is 1. The second-order valence-corrected chi connectivity index (χ2v) is 5.72. The fourth-order valence-corrected chi connectivity index (χ4v) is 3.14. The first-order chi connectivity index (χ1) is 9.81. The van der Waals surface area contributed by atoms with Gasteiger partial charge in [0.05, 0.1) is 5.37 Å². The largest absolute Gasteiger partial charge is 0.480 e. The molecule has 114 valence electrons. The van der Waals surface area contributed by atoms with Gasteiger partial charge in [-0.3, -0.25) is 4.90 Å². The molecule has 0 saturated carbocycles. The third-order valence-corrected chi connectivity index (χ3v) is 4.20. The van der Waals surface area contributed by atoms with Crippen LogP contribution >= 0.6 is 11.8 Å². The van der Waals surface area contributed by atoms with Crippen LogP contribution in [0.15, 0.2) is 12.1 Å². The first kappa shape index (κ1) is 15.5.